The van der Waals surface area contributed by atoms with E-state index in [-0.39, 0.29) is 16.9 Å². The molecule has 1 aliphatic rings. The van der Waals surface area contributed by atoms with Crippen LogP contribution in [0.5, 0.6) is 0 Å². The molecular formula is C11H15N3O2S. The van der Waals surface area contributed by atoms with Gasteiger partial charge in [-0.05, 0) is 12.8 Å². The first kappa shape index (κ1) is 12.2. The van der Waals surface area contributed by atoms with Gasteiger partial charge in [-0.2, -0.15) is 5.10 Å². The number of aryl methyl sites for hydroxylation is 1. The zero-order valence-corrected chi connectivity index (χ0v) is 10.7. The van der Waals surface area contributed by atoms with Crippen LogP contribution in [-0.2, 0) is 9.59 Å². The Morgan fingerprint density at radius 1 is 1.71 bits per heavy atom. The molecule has 1 saturated heterocycles. The van der Waals surface area contributed by atoms with E-state index in [1.807, 2.05) is 13.0 Å². The van der Waals surface area contributed by atoms with Gasteiger partial charge in [0, 0.05) is 37.4 Å². The second-order valence-electron chi connectivity index (χ2n) is 4.29. The molecular weight excluding hydrogens is 238 g/mol. The minimum atomic E-state index is 0.0886. The van der Waals surface area contributed by atoms with Gasteiger partial charge >= 0.3 is 0 Å². The molecule has 0 aliphatic carbocycles. The fourth-order valence-corrected chi connectivity index (χ4v) is 2.59. The molecule has 1 aliphatic heterocycles. The quantitative estimate of drug-likeness (QED) is 0.883. The third-order valence-electron chi connectivity index (χ3n) is 2.70. The maximum absolute atomic E-state index is 11.8. The summed E-state index contributed by atoms with van der Waals surface area (Å²) in [7, 11) is 0. The van der Waals surface area contributed by atoms with Gasteiger partial charge in [-0.25, -0.2) is 0 Å². The normalized spacial score (nSPS) is 20.0. The molecule has 6 heteroatoms. The topological polar surface area (TPSA) is 66.1 Å². The number of amides is 1. The number of aromatic nitrogens is 2. The first-order valence-electron chi connectivity index (χ1n) is 5.52. The van der Waals surface area contributed by atoms with Gasteiger partial charge in [0.05, 0.1) is 0 Å². The Bertz CT molecular complexity index is 444. The first-order chi connectivity index (χ1) is 8.06. The summed E-state index contributed by atoms with van der Waals surface area (Å²) < 4.78 is 0. The van der Waals surface area contributed by atoms with Gasteiger partial charge in [-0.3, -0.25) is 19.6 Å². The summed E-state index contributed by atoms with van der Waals surface area (Å²) in [4.78, 5) is 24.4. The van der Waals surface area contributed by atoms with Crippen LogP contribution in [0.2, 0.25) is 0 Å². The maximum Gasteiger partial charge on any atom is 0.228 e. The Morgan fingerprint density at radius 3 is 3.06 bits per heavy atom. The Kier molecular flexibility index (Phi) is 3.51. The summed E-state index contributed by atoms with van der Waals surface area (Å²) in [6.07, 6.45) is 0.506. The standard InChI is InChI=1S/C11H15N3O2S/c1-7-3-10(13-12-7)14-5-9(4-11(14)16)6-17-8(2)15/h3,9H,4-6H2,1-2H3,(H,12,13). The Hall–Kier alpha value is -1.30. The lowest BCUT2D eigenvalue weighted by atomic mass is 10.1. The smallest absolute Gasteiger partial charge is 0.228 e. The van der Waals surface area contributed by atoms with Crippen LogP contribution in [0.3, 0.4) is 0 Å². The van der Waals surface area contributed by atoms with Crippen molar-refractivity contribution in [2.45, 2.75) is 20.3 Å². The molecule has 92 valence electrons. The highest BCUT2D eigenvalue weighted by Crippen LogP contribution is 2.26. The molecule has 0 radical (unpaired) electrons. The molecule has 0 aromatic carbocycles. The lowest BCUT2D eigenvalue weighted by Gasteiger charge is -2.12. The Balaban J connectivity index is 1.98. The van der Waals surface area contributed by atoms with E-state index in [1.165, 1.54) is 11.8 Å². The molecule has 0 saturated carbocycles. The molecule has 1 aromatic heterocycles. The van der Waals surface area contributed by atoms with Crippen LogP contribution in [0, 0.1) is 12.8 Å². The summed E-state index contributed by atoms with van der Waals surface area (Å²) in [5.41, 5.74) is 0.939. The van der Waals surface area contributed by atoms with Gasteiger partial charge in [0.1, 0.15) is 0 Å². The van der Waals surface area contributed by atoms with Crippen molar-refractivity contribution >= 4 is 28.6 Å². The fourth-order valence-electron chi connectivity index (χ4n) is 1.89. The lowest BCUT2D eigenvalue weighted by Crippen LogP contribution is -2.25. The Morgan fingerprint density at radius 2 is 2.47 bits per heavy atom. The number of nitrogens with zero attached hydrogens (tertiary/aromatic N) is 2. The van der Waals surface area contributed by atoms with E-state index < -0.39 is 0 Å². The summed E-state index contributed by atoms with van der Waals surface area (Å²) in [6, 6.07) is 1.86. The van der Waals surface area contributed by atoms with E-state index >= 15 is 0 Å². The molecule has 1 N–H and O–H groups in total. The van der Waals surface area contributed by atoms with Crippen LogP contribution in [0.1, 0.15) is 19.0 Å². The summed E-state index contributed by atoms with van der Waals surface area (Å²) in [5, 5.41) is 7.02. The van der Waals surface area contributed by atoms with Gasteiger partial charge in [-0.15, -0.1) is 0 Å². The minimum Gasteiger partial charge on any atom is -0.295 e. The van der Waals surface area contributed by atoms with Gasteiger partial charge in [-0.1, -0.05) is 11.8 Å². The number of hydrogen-bond donors (Lipinski definition) is 1. The SMILES string of the molecule is CC(=O)SCC1CC(=O)N(c2cc(C)[nH]n2)C1. The highest BCUT2D eigenvalue weighted by atomic mass is 32.2. The van der Waals surface area contributed by atoms with Crippen molar-refractivity contribution in [1.82, 2.24) is 10.2 Å². The van der Waals surface area contributed by atoms with Crippen molar-refractivity contribution in [3.63, 3.8) is 0 Å². The molecule has 1 fully saturated rings. The van der Waals surface area contributed by atoms with Crippen molar-refractivity contribution in [2.75, 3.05) is 17.2 Å². The van der Waals surface area contributed by atoms with E-state index in [2.05, 4.69) is 10.2 Å². The number of carbonyl (C=O) groups is 2. The fraction of sp³-hybridized carbons (Fsp3) is 0.545. The second-order valence-corrected chi connectivity index (χ2v) is 5.48. The molecule has 1 atom stereocenters. The van der Waals surface area contributed by atoms with Crippen LogP contribution in [0.4, 0.5) is 5.82 Å². The number of aromatic amines is 1. The van der Waals surface area contributed by atoms with Gasteiger partial charge in [0.25, 0.3) is 0 Å². The molecule has 0 bridgehead atoms. The third kappa shape index (κ3) is 2.88. The van der Waals surface area contributed by atoms with Crippen molar-refractivity contribution in [3.05, 3.63) is 11.8 Å². The molecule has 2 heterocycles. The number of nitrogens with one attached hydrogen (secondary N) is 1. The van der Waals surface area contributed by atoms with Crippen LogP contribution in [-0.4, -0.2) is 33.5 Å². The van der Waals surface area contributed by atoms with E-state index in [9.17, 15) is 9.59 Å². The van der Waals surface area contributed by atoms with Crippen molar-refractivity contribution in [3.8, 4) is 0 Å². The van der Waals surface area contributed by atoms with E-state index in [4.69, 9.17) is 0 Å². The first-order valence-corrected chi connectivity index (χ1v) is 6.50. The van der Waals surface area contributed by atoms with Crippen LogP contribution < -0.4 is 4.90 Å². The molecule has 0 spiro atoms. The number of H-pyrrole nitrogens is 1. The largest absolute Gasteiger partial charge is 0.295 e. The number of thioether (sulfide) groups is 1. The predicted molar refractivity (Wildman–Crippen MR) is 66.9 cm³/mol. The minimum absolute atomic E-state index is 0.0886. The van der Waals surface area contributed by atoms with E-state index in [0.29, 0.717) is 24.5 Å². The number of hydrogen-bond acceptors (Lipinski definition) is 4. The second kappa shape index (κ2) is 4.91. The summed E-state index contributed by atoms with van der Waals surface area (Å²) in [5.74, 6) is 1.72. The van der Waals surface area contributed by atoms with E-state index in [0.717, 1.165) is 5.69 Å². The highest BCUT2D eigenvalue weighted by molar-refractivity contribution is 8.13. The lowest BCUT2D eigenvalue weighted by molar-refractivity contribution is -0.117. The predicted octanol–water partition coefficient (Wildman–Crippen LogP) is 1.35. The summed E-state index contributed by atoms with van der Waals surface area (Å²) >= 11 is 1.29. The average Bonchev–Trinajstić information content (AvgIpc) is 2.82. The average molecular weight is 253 g/mol. The van der Waals surface area contributed by atoms with E-state index in [1.54, 1.807) is 11.8 Å². The molecule has 5 nitrogen and oxygen atoms in total. The number of rotatable bonds is 3. The van der Waals surface area contributed by atoms with Crippen LogP contribution in [0.25, 0.3) is 0 Å². The highest BCUT2D eigenvalue weighted by Gasteiger charge is 2.31. The molecule has 1 amide bonds. The third-order valence-corrected chi connectivity index (χ3v) is 3.74. The monoisotopic (exact) mass is 253 g/mol. The molecule has 1 aromatic rings. The van der Waals surface area contributed by atoms with Crippen molar-refractivity contribution in [1.29, 1.82) is 0 Å². The van der Waals surface area contributed by atoms with Gasteiger partial charge in [0.15, 0.2) is 10.9 Å². The van der Waals surface area contributed by atoms with Crippen molar-refractivity contribution < 1.29 is 9.59 Å². The summed E-state index contributed by atoms with van der Waals surface area (Å²) in [6.45, 7) is 4.11. The Labute approximate surface area is 104 Å². The zero-order valence-electron chi connectivity index (χ0n) is 9.90. The zero-order chi connectivity index (χ0) is 12.4. The maximum atomic E-state index is 11.8. The molecule has 17 heavy (non-hydrogen) atoms. The van der Waals surface area contributed by atoms with Gasteiger partial charge < -0.3 is 0 Å². The molecule has 1 unspecified atom stereocenters. The molecule has 2 rings (SSSR count). The van der Waals surface area contributed by atoms with Crippen molar-refractivity contribution in [2.24, 2.45) is 5.92 Å². The number of anilines is 1. The van der Waals surface area contributed by atoms with Crippen LogP contribution >= 0.6 is 11.8 Å². The van der Waals surface area contributed by atoms with Crippen LogP contribution in [0.15, 0.2) is 6.07 Å². The number of carbonyl (C=O) groups excluding carboxylic acids is 2. The van der Waals surface area contributed by atoms with Gasteiger partial charge in [0.2, 0.25) is 5.91 Å².